The molecule has 0 atom stereocenters. The molecule has 1 saturated carbocycles. The minimum atomic E-state index is -0.651. The SMILES string of the molecule is O=C(COC(=O)Cn1cnnn1)Nc1ccccc1C(=O)NC1CC1. The fourth-order valence-electron chi connectivity index (χ4n) is 2.04. The number of hydrogen-bond donors (Lipinski definition) is 2. The van der Waals surface area contributed by atoms with Gasteiger partial charge in [-0.1, -0.05) is 12.1 Å². The molecular weight excluding hydrogens is 328 g/mol. The number of carbonyl (C=O) groups excluding carboxylic acids is 3. The predicted molar refractivity (Wildman–Crippen MR) is 84.3 cm³/mol. The van der Waals surface area contributed by atoms with E-state index in [0.29, 0.717) is 11.3 Å². The van der Waals surface area contributed by atoms with E-state index in [0.717, 1.165) is 12.8 Å². The molecule has 1 aromatic carbocycles. The molecule has 1 fully saturated rings. The van der Waals surface area contributed by atoms with Crippen LogP contribution in [0.5, 0.6) is 0 Å². The molecule has 10 nitrogen and oxygen atoms in total. The molecule has 0 spiro atoms. The van der Waals surface area contributed by atoms with Crippen molar-refractivity contribution in [3.63, 3.8) is 0 Å². The lowest BCUT2D eigenvalue weighted by atomic mass is 10.1. The molecule has 2 amide bonds. The van der Waals surface area contributed by atoms with E-state index in [1.165, 1.54) is 11.0 Å². The summed E-state index contributed by atoms with van der Waals surface area (Å²) in [6, 6.07) is 6.86. The number of tetrazole rings is 1. The summed E-state index contributed by atoms with van der Waals surface area (Å²) in [6.45, 7) is -0.666. The first-order valence-electron chi connectivity index (χ1n) is 7.68. The molecule has 1 aliphatic rings. The minimum Gasteiger partial charge on any atom is -0.454 e. The van der Waals surface area contributed by atoms with E-state index in [4.69, 9.17) is 4.74 Å². The van der Waals surface area contributed by atoms with Gasteiger partial charge in [0.15, 0.2) is 6.61 Å². The molecule has 3 rings (SSSR count). The van der Waals surface area contributed by atoms with Gasteiger partial charge in [-0.25, -0.2) is 4.68 Å². The van der Waals surface area contributed by atoms with Gasteiger partial charge in [-0.15, -0.1) is 5.10 Å². The highest BCUT2D eigenvalue weighted by molar-refractivity contribution is 6.04. The quantitative estimate of drug-likeness (QED) is 0.663. The zero-order chi connectivity index (χ0) is 17.6. The smallest absolute Gasteiger partial charge is 0.328 e. The summed E-state index contributed by atoms with van der Waals surface area (Å²) in [7, 11) is 0. The van der Waals surface area contributed by atoms with Crippen molar-refractivity contribution < 1.29 is 19.1 Å². The van der Waals surface area contributed by atoms with Crippen LogP contribution in [-0.2, 0) is 20.9 Å². The highest BCUT2D eigenvalue weighted by atomic mass is 16.5. The first kappa shape index (κ1) is 16.6. The number of carbonyl (C=O) groups is 3. The van der Waals surface area contributed by atoms with Gasteiger partial charge in [0.1, 0.15) is 12.9 Å². The number of amides is 2. The van der Waals surface area contributed by atoms with Crippen molar-refractivity contribution in [2.45, 2.75) is 25.4 Å². The summed E-state index contributed by atoms with van der Waals surface area (Å²) >= 11 is 0. The van der Waals surface area contributed by atoms with Crippen molar-refractivity contribution in [1.82, 2.24) is 25.5 Å². The number of rotatable bonds is 7. The molecule has 0 bridgehead atoms. The van der Waals surface area contributed by atoms with E-state index in [1.807, 2.05) is 0 Å². The highest BCUT2D eigenvalue weighted by Gasteiger charge is 2.25. The molecule has 2 aromatic rings. The monoisotopic (exact) mass is 344 g/mol. The summed E-state index contributed by atoms with van der Waals surface area (Å²) in [4.78, 5) is 35.7. The Kier molecular flexibility index (Phi) is 4.97. The molecule has 0 radical (unpaired) electrons. The Morgan fingerprint density at radius 1 is 1.24 bits per heavy atom. The molecule has 0 aliphatic heterocycles. The predicted octanol–water partition coefficient (Wildman–Crippen LogP) is -0.253. The minimum absolute atomic E-state index is 0.194. The first-order chi connectivity index (χ1) is 12.1. The number of aromatic nitrogens is 4. The van der Waals surface area contributed by atoms with E-state index < -0.39 is 18.5 Å². The Balaban J connectivity index is 1.52. The second kappa shape index (κ2) is 7.51. The zero-order valence-corrected chi connectivity index (χ0v) is 13.2. The molecule has 1 heterocycles. The average molecular weight is 344 g/mol. The number of anilines is 1. The van der Waals surface area contributed by atoms with Crippen LogP contribution in [0.3, 0.4) is 0 Å². The van der Waals surface area contributed by atoms with Gasteiger partial charge in [0.2, 0.25) is 0 Å². The van der Waals surface area contributed by atoms with Gasteiger partial charge in [-0.3, -0.25) is 14.4 Å². The van der Waals surface area contributed by atoms with Crippen molar-refractivity contribution >= 4 is 23.5 Å². The standard InChI is InChI=1S/C15H16N6O4/c22-13(8-25-14(23)7-21-9-16-19-20-21)18-12-4-2-1-3-11(12)15(24)17-10-5-6-10/h1-4,9-10H,5-8H2,(H,17,24)(H,18,22). The van der Waals surface area contributed by atoms with Crippen LogP contribution in [0.15, 0.2) is 30.6 Å². The Labute approximate surface area is 142 Å². The average Bonchev–Trinajstić information content (AvgIpc) is 3.26. The van der Waals surface area contributed by atoms with Crippen molar-refractivity contribution in [1.29, 1.82) is 0 Å². The van der Waals surface area contributed by atoms with Crippen LogP contribution in [-0.4, -0.2) is 50.6 Å². The maximum atomic E-state index is 12.2. The summed E-state index contributed by atoms with van der Waals surface area (Å²) in [5.41, 5.74) is 0.727. The molecule has 0 unspecified atom stereocenters. The lowest BCUT2D eigenvalue weighted by Crippen LogP contribution is -2.28. The number of para-hydroxylation sites is 1. The molecule has 2 N–H and O–H groups in total. The number of ether oxygens (including phenoxy) is 1. The molecular formula is C15H16N6O4. The van der Waals surface area contributed by atoms with Crippen LogP contribution in [0.4, 0.5) is 5.69 Å². The van der Waals surface area contributed by atoms with Crippen LogP contribution >= 0.6 is 0 Å². The molecule has 25 heavy (non-hydrogen) atoms. The molecule has 130 valence electrons. The zero-order valence-electron chi connectivity index (χ0n) is 13.2. The van der Waals surface area contributed by atoms with Crippen LogP contribution in [0.25, 0.3) is 0 Å². The van der Waals surface area contributed by atoms with Gasteiger partial charge in [0, 0.05) is 6.04 Å². The van der Waals surface area contributed by atoms with Crippen molar-refractivity contribution in [2.75, 3.05) is 11.9 Å². The summed E-state index contributed by atoms with van der Waals surface area (Å²) < 4.78 is 6.03. The third kappa shape index (κ3) is 4.83. The van der Waals surface area contributed by atoms with Gasteiger partial charge in [0.25, 0.3) is 11.8 Å². The second-order valence-electron chi connectivity index (χ2n) is 5.51. The lowest BCUT2D eigenvalue weighted by Gasteiger charge is -2.11. The maximum Gasteiger partial charge on any atom is 0.328 e. The third-order valence-electron chi connectivity index (χ3n) is 3.41. The normalized spacial score (nSPS) is 13.1. The van der Waals surface area contributed by atoms with Gasteiger partial charge >= 0.3 is 5.97 Å². The van der Waals surface area contributed by atoms with E-state index >= 15 is 0 Å². The third-order valence-corrected chi connectivity index (χ3v) is 3.41. The maximum absolute atomic E-state index is 12.2. The topological polar surface area (TPSA) is 128 Å². The second-order valence-corrected chi connectivity index (χ2v) is 5.51. The number of esters is 1. The molecule has 10 heteroatoms. The number of benzene rings is 1. The highest BCUT2D eigenvalue weighted by Crippen LogP contribution is 2.21. The largest absolute Gasteiger partial charge is 0.454 e. The number of nitrogens with one attached hydrogen (secondary N) is 2. The first-order valence-corrected chi connectivity index (χ1v) is 7.68. The van der Waals surface area contributed by atoms with Crippen LogP contribution < -0.4 is 10.6 Å². The summed E-state index contributed by atoms with van der Waals surface area (Å²) in [5, 5.41) is 15.7. The summed E-state index contributed by atoms with van der Waals surface area (Å²) in [5.74, 6) is -1.44. The van der Waals surface area contributed by atoms with Crippen molar-refractivity contribution in [3.8, 4) is 0 Å². The molecule has 1 aromatic heterocycles. The Hall–Kier alpha value is -3.30. The Morgan fingerprint density at radius 2 is 2.04 bits per heavy atom. The van der Waals surface area contributed by atoms with E-state index in [1.54, 1.807) is 24.3 Å². The van der Waals surface area contributed by atoms with E-state index in [-0.39, 0.29) is 18.5 Å². The molecule has 0 saturated heterocycles. The van der Waals surface area contributed by atoms with Gasteiger partial charge in [0.05, 0.1) is 11.3 Å². The van der Waals surface area contributed by atoms with E-state index in [2.05, 4.69) is 26.2 Å². The van der Waals surface area contributed by atoms with Crippen molar-refractivity contribution in [3.05, 3.63) is 36.2 Å². The number of hydrogen-bond acceptors (Lipinski definition) is 7. The fourth-order valence-corrected chi connectivity index (χ4v) is 2.04. The lowest BCUT2D eigenvalue weighted by molar-refractivity contribution is -0.148. The van der Waals surface area contributed by atoms with Crippen LogP contribution in [0, 0.1) is 0 Å². The van der Waals surface area contributed by atoms with Gasteiger partial charge in [-0.2, -0.15) is 0 Å². The number of nitrogens with zero attached hydrogens (tertiary/aromatic N) is 4. The van der Waals surface area contributed by atoms with Gasteiger partial charge in [-0.05, 0) is 35.4 Å². The Morgan fingerprint density at radius 3 is 2.76 bits per heavy atom. The van der Waals surface area contributed by atoms with Crippen LogP contribution in [0.1, 0.15) is 23.2 Å². The van der Waals surface area contributed by atoms with Gasteiger partial charge < -0.3 is 15.4 Å². The van der Waals surface area contributed by atoms with E-state index in [9.17, 15) is 14.4 Å². The Bertz CT molecular complexity index is 772. The fraction of sp³-hybridized carbons (Fsp3) is 0.333. The molecule has 1 aliphatic carbocycles. The van der Waals surface area contributed by atoms with Crippen molar-refractivity contribution in [2.24, 2.45) is 0 Å². The summed E-state index contributed by atoms with van der Waals surface area (Å²) in [6.07, 6.45) is 3.20. The van der Waals surface area contributed by atoms with Crippen LogP contribution in [0.2, 0.25) is 0 Å².